The fraction of sp³-hybridized carbons (Fsp3) is 1.00. The molecule has 13 heavy (non-hydrogen) atoms. The molecule has 1 fully saturated rings. The van der Waals surface area contributed by atoms with Crippen LogP contribution in [-0.4, -0.2) is 25.3 Å². The smallest absolute Gasteiger partial charge is 0.0693 e. The van der Waals surface area contributed by atoms with Gasteiger partial charge in [0.25, 0.3) is 0 Å². The molecule has 1 aliphatic rings. The van der Waals surface area contributed by atoms with E-state index in [0.29, 0.717) is 6.04 Å². The molecule has 0 aromatic carbocycles. The van der Waals surface area contributed by atoms with E-state index < -0.39 is 0 Å². The quantitative estimate of drug-likeness (QED) is 0.686. The zero-order valence-electron chi connectivity index (χ0n) is 9.23. The Bertz CT molecular complexity index is 138. The largest absolute Gasteiger partial charge is 0.378 e. The molecular formula is C11H23NO. The third kappa shape index (κ3) is 2.96. The Morgan fingerprint density at radius 3 is 2.54 bits per heavy atom. The van der Waals surface area contributed by atoms with Gasteiger partial charge in [0.05, 0.1) is 5.60 Å². The van der Waals surface area contributed by atoms with E-state index in [4.69, 9.17) is 4.74 Å². The molecule has 1 unspecified atom stereocenters. The molecule has 78 valence electrons. The fourth-order valence-corrected chi connectivity index (χ4v) is 2.08. The SMILES string of the molecule is CCCNC(C)CC1(OC)CCC1. The maximum absolute atomic E-state index is 5.58. The summed E-state index contributed by atoms with van der Waals surface area (Å²) in [6.45, 7) is 5.59. The van der Waals surface area contributed by atoms with E-state index in [1.165, 1.54) is 32.1 Å². The zero-order valence-corrected chi connectivity index (χ0v) is 9.23. The van der Waals surface area contributed by atoms with Crippen molar-refractivity contribution in [3.05, 3.63) is 0 Å². The molecule has 0 saturated heterocycles. The van der Waals surface area contributed by atoms with Gasteiger partial charge in [-0.1, -0.05) is 6.92 Å². The molecule has 0 spiro atoms. The summed E-state index contributed by atoms with van der Waals surface area (Å²) in [5.41, 5.74) is 0.222. The van der Waals surface area contributed by atoms with Crippen molar-refractivity contribution in [3.8, 4) is 0 Å². The lowest BCUT2D eigenvalue weighted by atomic mass is 9.76. The average molecular weight is 185 g/mol. The molecule has 0 aromatic heterocycles. The van der Waals surface area contributed by atoms with E-state index in [9.17, 15) is 0 Å². The number of methoxy groups -OCH3 is 1. The highest BCUT2D eigenvalue weighted by Crippen LogP contribution is 2.38. The van der Waals surface area contributed by atoms with E-state index in [2.05, 4.69) is 19.2 Å². The molecule has 2 nitrogen and oxygen atoms in total. The lowest BCUT2D eigenvalue weighted by Gasteiger charge is -2.42. The standard InChI is InChI=1S/C11H23NO/c1-4-8-12-10(2)9-11(13-3)6-5-7-11/h10,12H,4-9H2,1-3H3. The van der Waals surface area contributed by atoms with Crippen molar-refractivity contribution in [1.29, 1.82) is 0 Å². The summed E-state index contributed by atoms with van der Waals surface area (Å²) in [6, 6.07) is 0.597. The van der Waals surface area contributed by atoms with Gasteiger partial charge in [0.1, 0.15) is 0 Å². The number of nitrogens with one attached hydrogen (secondary N) is 1. The molecule has 1 saturated carbocycles. The van der Waals surface area contributed by atoms with Crippen LogP contribution in [0.5, 0.6) is 0 Å². The third-order valence-corrected chi connectivity index (χ3v) is 3.12. The van der Waals surface area contributed by atoms with Crippen LogP contribution < -0.4 is 5.32 Å². The third-order valence-electron chi connectivity index (χ3n) is 3.12. The van der Waals surface area contributed by atoms with Gasteiger partial charge in [0.2, 0.25) is 0 Å². The van der Waals surface area contributed by atoms with Crippen LogP contribution in [0.15, 0.2) is 0 Å². The van der Waals surface area contributed by atoms with Crippen LogP contribution in [0.25, 0.3) is 0 Å². The van der Waals surface area contributed by atoms with E-state index in [1.54, 1.807) is 0 Å². The first-order valence-corrected chi connectivity index (χ1v) is 5.51. The summed E-state index contributed by atoms with van der Waals surface area (Å²) >= 11 is 0. The number of hydrogen-bond acceptors (Lipinski definition) is 2. The van der Waals surface area contributed by atoms with Gasteiger partial charge in [-0.3, -0.25) is 0 Å². The molecule has 0 aliphatic heterocycles. The molecule has 0 aromatic rings. The zero-order chi connectivity index (χ0) is 9.73. The number of rotatable bonds is 6. The minimum absolute atomic E-state index is 0.222. The van der Waals surface area contributed by atoms with Crippen LogP contribution in [-0.2, 0) is 4.74 Å². The highest BCUT2D eigenvalue weighted by molar-refractivity contribution is 4.91. The van der Waals surface area contributed by atoms with Crippen molar-refractivity contribution in [2.75, 3.05) is 13.7 Å². The van der Waals surface area contributed by atoms with Crippen molar-refractivity contribution >= 4 is 0 Å². The van der Waals surface area contributed by atoms with Gasteiger partial charge in [0.15, 0.2) is 0 Å². The van der Waals surface area contributed by atoms with Gasteiger partial charge < -0.3 is 10.1 Å². The minimum Gasteiger partial charge on any atom is -0.378 e. The summed E-state index contributed by atoms with van der Waals surface area (Å²) in [6.07, 6.45) is 6.23. The Hall–Kier alpha value is -0.0800. The Kier molecular flexibility index (Phi) is 4.20. The lowest BCUT2D eigenvalue weighted by Crippen LogP contribution is -2.45. The molecule has 0 heterocycles. The van der Waals surface area contributed by atoms with Crippen LogP contribution in [0.1, 0.15) is 46.0 Å². The van der Waals surface area contributed by atoms with Gasteiger partial charge in [0, 0.05) is 13.2 Å². The molecule has 1 aliphatic carbocycles. The fourth-order valence-electron chi connectivity index (χ4n) is 2.08. The highest BCUT2D eigenvalue weighted by Gasteiger charge is 2.37. The van der Waals surface area contributed by atoms with E-state index in [1.807, 2.05) is 7.11 Å². The van der Waals surface area contributed by atoms with Crippen molar-refractivity contribution in [3.63, 3.8) is 0 Å². The van der Waals surface area contributed by atoms with Crippen LogP contribution in [0, 0.1) is 0 Å². The van der Waals surface area contributed by atoms with Gasteiger partial charge in [-0.25, -0.2) is 0 Å². The van der Waals surface area contributed by atoms with Gasteiger partial charge in [-0.15, -0.1) is 0 Å². The predicted molar refractivity (Wildman–Crippen MR) is 56.0 cm³/mol. The Balaban J connectivity index is 2.21. The average Bonchev–Trinajstić information content (AvgIpc) is 2.08. The molecule has 1 atom stereocenters. The molecule has 0 amide bonds. The first-order chi connectivity index (χ1) is 6.22. The minimum atomic E-state index is 0.222. The van der Waals surface area contributed by atoms with E-state index in [0.717, 1.165) is 6.54 Å². The summed E-state index contributed by atoms with van der Waals surface area (Å²) in [5, 5.41) is 3.51. The van der Waals surface area contributed by atoms with Gasteiger partial charge >= 0.3 is 0 Å². The van der Waals surface area contributed by atoms with Gasteiger partial charge in [-0.05, 0) is 45.6 Å². The van der Waals surface area contributed by atoms with Gasteiger partial charge in [-0.2, -0.15) is 0 Å². The highest BCUT2D eigenvalue weighted by atomic mass is 16.5. The second-order valence-electron chi connectivity index (χ2n) is 4.30. The van der Waals surface area contributed by atoms with Crippen molar-refractivity contribution in [2.24, 2.45) is 0 Å². The van der Waals surface area contributed by atoms with Crippen molar-refractivity contribution < 1.29 is 4.74 Å². The molecule has 0 bridgehead atoms. The normalized spacial score (nSPS) is 22.4. The Morgan fingerprint density at radius 2 is 2.15 bits per heavy atom. The second kappa shape index (κ2) is 4.97. The summed E-state index contributed by atoms with van der Waals surface area (Å²) in [4.78, 5) is 0. The summed E-state index contributed by atoms with van der Waals surface area (Å²) in [5.74, 6) is 0. The monoisotopic (exact) mass is 185 g/mol. The number of ether oxygens (including phenoxy) is 1. The molecule has 1 rings (SSSR count). The molecule has 2 heteroatoms. The maximum Gasteiger partial charge on any atom is 0.0693 e. The first-order valence-electron chi connectivity index (χ1n) is 5.51. The Labute approximate surface area is 82.0 Å². The molecule has 1 N–H and O–H groups in total. The van der Waals surface area contributed by atoms with Crippen LogP contribution in [0.2, 0.25) is 0 Å². The Morgan fingerprint density at radius 1 is 1.46 bits per heavy atom. The maximum atomic E-state index is 5.58. The summed E-state index contributed by atoms with van der Waals surface area (Å²) in [7, 11) is 1.85. The second-order valence-corrected chi connectivity index (χ2v) is 4.30. The molecular weight excluding hydrogens is 162 g/mol. The van der Waals surface area contributed by atoms with Crippen LogP contribution in [0.4, 0.5) is 0 Å². The van der Waals surface area contributed by atoms with Crippen LogP contribution in [0.3, 0.4) is 0 Å². The predicted octanol–water partition coefficient (Wildman–Crippen LogP) is 2.33. The van der Waals surface area contributed by atoms with E-state index >= 15 is 0 Å². The number of hydrogen-bond donors (Lipinski definition) is 1. The van der Waals surface area contributed by atoms with Crippen molar-refractivity contribution in [1.82, 2.24) is 5.32 Å². The van der Waals surface area contributed by atoms with Crippen LogP contribution >= 0.6 is 0 Å². The van der Waals surface area contributed by atoms with E-state index in [-0.39, 0.29) is 5.60 Å². The summed E-state index contributed by atoms with van der Waals surface area (Å²) < 4.78 is 5.58. The molecule has 0 radical (unpaired) electrons. The van der Waals surface area contributed by atoms with Crippen molar-refractivity contribution in [2.45, 2.75) is 57.6 Å². The lowest BCUT2D eigenvalue weighted by molar-refractivity contribution is -0.0823. The topological polar surface area (TPSA) is 21.3 Å². The first kappa shape index (κ1) is 11.0.